The topological polar surface area (TPSA) is 55.1 Å². The van der Waals surface area contributed by atoms with E-state index < -0.39 is 0 Å². The highest BCUT2D eigenvalue weighted by Crippen LogP contribution is 1.99. The van der Waals surface area contributed by atoms with Gasteiger partial charge in [0.1, 0.15) is 0 Å². The third-order valence-corrected chi connectivity index (χ3v) is 1.22. The Labute approximate surface area is 86.4 Å². The zero-order chi connectivity index (χ0) is 11.6. The summed E-state index contributed by atoms with van der Waals surface area (Å²) in [6.07, 6.45) is 4.93. The quantitative estimate of drug-likeness (QED) is 0.679. The zero-order valence-corrected chi connectivity index (χ0v) is 9.42. The molecular formula is C11H20N2O. The van der Waals surface area contributed by atoms with Crippen molar-refractivity contribution in [3.63, 3.8) is 0 Å². The standard InChI is InChI=1S/C9H14N2O.C2H6/c1-4-6-9(8(10)5-2)11-7(3)12;1-2/h4-6H,1,10H2,2-3H3,(H,11,12);1-2H3/b8-5+,9-6+;. The molecule has 0 fully saturated rings. The lowest BCUT2D eigenvalue weighted by Crippen LogP contribution is -2.23. The molecule has 3 heteroatoms. The van der Waals surface area contributed by atoms with E-state index in [4.69, 9.17) is 5.73 Å². The molecule has 0 saturated heterocycles. The Hall–Kier alpha value is -1.51. The van der Waals surface area contributed by atoms with Gasteiger partial charge in [-0.25, -0.2) is 0 Å². The summed E-state index contributed by atoms with van der Waals surface area (Å²) in [5.74, 6) is -0.145. The van der Waals surface area contributed by atoms with Gasteiger partial charge in [-0.2, -0.15) is 0 Å². The monoisotopic (exact) mass is 196 g/mol. The predicted molar refractivity (Wildman–Crippen MR) is 61.4 cm³/mol. The number of hydrogen-bond acceptors (Lipinski definition) is 2. The van der Waals surface area contributed by atoms with Crippen LogP contribution in [0.25, 0.3) is 0 Å². The maximum atomic E-state index is 10.7. The van der Waals surface area contributed by atoms with Crippen molar-refractivity contribution in [3.8, 4) is 0 Å². The second-order valence-corrected chi connectivity index (χ2v) is 2.24. The number of carbonyl (C=O) groups is 1. The fraction of sp³-hybridized carbons (Fsp3) is 0.364. The smallest absolute Gasteiger partial charge is 0.221 e. The molecule has 0 heterocycles. The van der Waals surface area contributed by atoms with E-state index in [2.05, 4.69) is 11.9 Å². The van der Waals surface area contributed by atoms with Crippen molar-refractivity contribution >= 4 is 5.91 Å². The second kappa shape index (κ2) is 9.58. The van der Waals surface area contributed by atoms with Gasteiger partial charge in [-0.1, -0.05) is 32.6 Å². The van der Waals surface area contributed by atoms with Crippen LogP contribution in [0.15, 0.2) is 36.2 Å². The largest absolute Gasteiger partial charge is 0.397 e. The zero-order valence-electron chi connectivity index (χ0n) is 9.42. The molecule has 14 heavy (non-hydrogen) atoms. The number of amides is 1. The molecule has 0 radical (unpaired) electrons. The molecule has 0 aliphatic rings. The Kier molecular flexibility index (Phi) is 10.3. The van der Waals surface area contributed by atoms with Gasteiger partial charge in [-0.3, -0.25) is 4.79 Å². The van der Waals surface area contributed by atoms with Gasteiger partial charge in [-0.05, 0) is 13.0 Å². The maximum Gasteiger partial charge on any atom is 0.221 e. The second-order valence-electron chi connectivity index (χ2n) is 2.24. The van der Waals surface area contributed by atoms with Crippen molar-refractivity contribution in [2.75, 3.05) is 0 Å². The lowest BCUT2D eigenvalue weighted by atomic mass is 10.3. The van der Waals surface area contributed by atoms with E-state index in [0.717, 1.165) is 0 Å². The van der Waals surface area contributed by atoms with E-state index in [9.17, 15) is 4.79 Å². The lowest BCUT2D eigenvalue weighted by molar-refractivity contribution is -0.118. The van der Waals surface area contributed by atoms with Gasteiger partial charge in [0.15, 0.2) is 0 Å². The summed E-state index contributed by atoms with van der Waals surface area (Å²) in [6, 6.07) is 0. The minimum Gasteiger partial charge on any atom is -0.397 e. The normalized spacial score (nSPS) is 11.1. The number of nitrogens with one attached hydrogen (secondary N) is 1. The van der Waals surface area contributed by atoms with E-state index in [1.807, 2.05) is 13.8 Å². The summed E-state index contributed by atoms with van der Waals surface area (Å²) in [4.78, 5) is 10.7. The third-order valence-electron chi connectivity index (χ3n) is 1.22. The van der Waals surface area contributed by atoms with E-state index in [1.54, 1.807) is 25.2 Å². The van der Waals surface area contributed by atoms with Crippen LogP contribution in [0.5, 0.6) is 0 Å². The molecule has 0 aromatic carbocycles. The highest BCUT2D eigenvalue weighted by atomic mass is 16.1. The van der Waals surface area contributed by atoms with Crippen molar-refractivity contribution in [2.45, 2.75) is 27.7 Å². The Balaban J connectivity index is 0. The number of allylic oxidation sites excluding steroid dienone is 3. The number of carbonyl (C=O) groups excluding carboxylic acids is 1. The van der Waals surface area contributed by atoms with Gasteiger partial charge in [0.25, 0.3) is 0 Å². The van der Waals surface area contributed by atoms with Crippen LogP contribution in [-0.2, 0) is 4.79 Å². The molecule has 1 amide bonds. The van der Waals surface area contributed by atoms with E-state index in [1.165, 1.54) is 6.92 Å². The first-order valence-electron chi connectivity index (χ1n) is 4.64. The van der Waals surface area contributed by atoms with Crippen LogP contribution in [-0.4, -0.2) is 5.91 Å². The highest BCUT2D eigenvalue weighted by molar-refractivity contribution is 5.76. The molecule has 0 atom stereocenters. The highest BCUT2D eigenvalue weighted by Gasteiger charge is 1.99. The first-order chi connectivity index (χ1) is 6.61. The Bertz CT molecular complexity index is 240. The molecule has 80 valence electrons. The Morgan fingerprint density at radius 1 is 1.43 bits per heavy atom. The summed E-state index contributed by atoms with van der Waals surface area (Å²) in [5, 5.41) is 2.59. The fourth-order valence-electron chi connectivity index (χ4n) is 0.673. The van der Waals surface area contributed by atoms with Gasteiger partial charge in [0, 0.05) is 6.92 Å². The maximum absolute atomic E-state index is 10.7. The summed E-state index contributed by atoms with van der Waals surface area (Å²) in [6.45, 7) is 10.7. The van der Waals surface area contributed by atoms with Crippen LogP contribution in [0.4, 0.5) is 0 Å². The van der Waals surface area contributed by atoms with Crippen LogP contribution in [0.3, 0.4) is 0 Å². The van der Waals surface area contributed by atoms with Gasteiger partial charge in [-0.15, -0.1) is 0 Å². The molecule has 3 N–H and O–H groups in total. The molecular weight excluding hydrogens is 176 g/mol. The molecule has 3 nitrogen and oxygen atoms in total. The Morgan fingerprint density at radius 2 is 1.93 bits per heavy atom. The van der Waals surface area contributed by atoms with Crippen LogP contribution in [0, 0.1) is 0 Å². The van der Waals surface area contributed by atoms with Crippen molar-refractivity contribution < 1.29 is 4.79 Å². The first-order valence-corrected chi connectivity index (χ1v) is 4.64. The molecule has 0 aromatic heterocycles. The van der Waals surface area contributed by atoms with Crippen LogP contribution >= 0.6 is 0 Å². The average Bonchev–Trinajstić information content (AvgIpc) is 2.18. The molecule has 0 aliphatic heterocycles. The molecule has 0 bridgehead atoms. The predicted octanol–water partition coefficient (Wildman–Crippen LogP) is 2.08. The van der Waals surface area contributed by atoms with Crippen molar-refractivity contribution in [2.24, 2.45) is 5.73 Å². The van der Waals surface area contributed by atoms with Gasteiger partial charge in [0.2, 0.25) is 5.91 Å². The lowest BCUT2D eigenvalue weighted by Gasteiger charge is -2.06. The molecule has 0 aliphatic carbocycles. The van der Waals surface area contributed by atoms with Crippen LogP contribution in [0.2, 0.25) is 0 Å². The fourth-order valence-corrected chi connectivity index (χ4v) is 0.673. The molecule has 0 rings (SSSR count). The summed E-state index contributed by atoms with van der Waals surface area (Å²) >= 11 is 0. The van der Waals surface area contributed by atoms with Gasteiger partial charge < -0.3 is 11.1 Å². The summed E-state index contributed by atoms with van der Waals surface area (Å²) in [5.41, 5.74) is 6.70. The number of nitrogens with two attached hydrogens (primary N) is 1. The average molecular weight is 196 g/mol. The molecule has 0 saturated carbocycles. The molecule has 0 spiro atoms. The molecule has 0 unspecified atom stereocenters. The Morgan fingerprint density at radius 3 is 2.21 bits per heavy atom. The van der Waals surface area contributed by atoms with E-state index in [0.29, 0.717) is 11.4 Å². The summed E-state index contributed by atoms with van der Waals surface area (Å²) in [7, 11) is 0. The number of hydrogen-bond donors (Lipinski definition) is 2. The van der Waals surface area contributed by atoms with Crippen molar-refractivity contribution in [3.05, 3.63) is 36.2 Å². The van der Waals surface area contributed by atoms with Gasteiger partial charge in [0.05, 0.1) is 11.4 Å². The minimum absolute atomic E-state index is 0.145. The van der Waals surface area contributed by atoms with Crippen LogP contribution in [0.1, 0.15) is 27.7 Å². The first kappa shape index (κ1) is 15.0. The summed E-state index contributed by atoms with van der Waals surface area (Å²) < 4.78 is 0. The number of rotatable bonds is 3. The van der Waals surface area contributed by atoms with Gasteiger partial charge >= 0.3 is 0 Å². The van der Waals surface area contributed by atoms with Crippen molar-refractivity contribution in [1.29, 1.82) is 0 Å². The SMILES string of the molecule is C=C/C=C(NC(C)=O)\C(N)=C/C.CC. The van der Waals surface area contributed by atoms with Crippen LogP contribution < -0.4 is 11.1 Å². The van der Waals surface area contributed by atoms with E-state index in [-0.39, 0.29) is 5.91 Å². The van der Waals surface area contributed by atoms with E-state index >= 15 is 0 Å². The minimum atomic E-state index is -0.145. The third kappa shape index (κ3) is 7.16. The molecule has 0 aromatic rings. The van der Waals surface area contributed by atoms with Crippen molar-refractivity contribution in [1.82, 2.24) is 5.32 Å².